The van der Waals surface area contributed by atoms with Crippen LogP contribution in [0.1, 0.15) is 22.8 Å². The molecule has 0 unspecified atom stereocenters. The molecule has 6 heteroatoms. The molecule has 26 heavy (non-hydrogen) atoms. The summed E-state index contributed by atoms with van der Waals surface area (Å²) in [6.07, 6.45) is 0. The van der Waals surface area contributed by atoms with E-state index in [1.807, 2.05) is 12.1 Å². The Labute approximate surface area is 153 Å². The van der Waals surface area contributed by atoms with Gasteiger partial charge in [-0.2, -0.15) is 0 Å². The fourth-order valence-electron chi connectivity index (χ4n) is 3.00. The molecule has 2 aromatic rings. The van der Waals surface area contributed by atoms with Crippen LogP contribution in [0, 0.1) is 6.92 Å². The van der Waals surface area contributed by atoms with Crippen molar-refractivity contribution < 1.29 is 14.3 Å². The van der Waals surface area contributed by atoms with Crippen LogP contribution >= 0.6 is 0 Å². The minimum atomic E-state index is -0.216. The molecule has 0 fully saturated rings. The third kappa shape index (κ3) is 3.96. The van der Waals surface area contributed by atoms with E-state index in [9.17, 15) is 9.59 Å². The number of ether oxygens (including phenoxy) is 1. The van der Waals surface area contributed by atoms with Crippen molar-refractivity contribution in [3.63, 3.8) is 0 Å². The van der Waals surface area contributed by atoms with Gasteiger partial charge in [-0.25, -0.2) is 0 Å². The Kier molecular flexibility index (Phi) is 5.41. The minimum absolute atomic E-state index is 0.00426. The summed E-state index contributed by atoms with van der Waals surface area (Å²) in [5, 5.41) is 5.65. The number of amides is 2. The number of carbonyl (C=O) groups excluding carboxylic acids is 2. The van der Waals surface area contributed by atoms with E-state index in [0.29, 0.717) is 23.5 Å². The summed E-state index contributed by atoms with van der Waals surface area (Å²) in [5.74, 6) is 0.193. The van der Waals surface area contributed by atoms with Crippen molar-refractivity contribution in [1.29, 1.82) is 0 Å². The van der Waals surface area contributed by atoms with Crippen LogP contribution in [0.25, 0.3) is 0 Å². The average Bonchev–Trinajstić information content (AvgIpc) is 2.65. The number of nitrogens with one attached hydrogen (secondary N) is 2. The van der Waals surface area contributed by atoms with Gasteiger partial charge in [-0.15, -0.1) is 0 Å². The van der Waals surface area contributed by atoms with Gasteiger partial charge >= 0.3 is 0 Å². The number of anilines is 2. The molecule has 1 aliphatic heterocycles. The Hall–Kier alpha value is -3.02. The molecule has 2 aromatic carbocycles. The molecule has 1 heterocycles. The van der Waals surface area contributed by atoms with Crippen molar-refractivity contribution in [1.82, 2.24) is 5.32 Å². The smallest absolute Gasteiger partial charge is 0.262 e. The summed E-state index contributed by atoms with van der Waals surface area (Å²) in [6.45, 7) is 6.30. The quantitative estimate of drug-likeness (QED) is 0.837. The van der Waals surface area contributed by atoms with Gasteiger partial charge in [0.15, 0.2) is 6.61 Å². The number of para-hydroxylation sites is 1. The number of rotatable bonds is 6. The molecule has 0 atom stereocenters. The molecule has 2 N–H and O–H groups in total. The Morgan fingerprint density at radius 3 is 2.85 bits per heavy atom. The van der Waals surface area contributed by atoms with Crippen LogP contribution in [-0.2, 0) is 4.79 Å². The number of nitrogens with zero attached hydrogens (tertiary/aromatic N) is 1. The van der Waals surface area contributed by atoms with Gasteiger partial charge in [-0.3, -0.25) is 9.59 Å². The van der Waals surface area contributed by atoms with Crippen molar-refractivity contribution in [2.45, 2.75) is 13.8 Å². The lowest BCUT2D eigenvalue weighted by atomic mass is 10.1. The summed E-state index contributed by atoms with van der Waals surface area (Å²) in [5.41, 5.74) is 3.42. The van der Waals surface area contributed by atoms with E-state index < -0.39 is 0 Å². The Balaban J connectivity index is 1.59. The third-order valence-electron chi connectivity index (χ3n) is 4.38. The van der Waals surface area contributed by atoms with Crippen molar-refractivity contribution in [2.75, 3.05) is 36.5 Å². The first kappa shape index (κ1) is 17.8. The number of benzene rings is 2. The maximum atomic E-state index is 12.4. The number of hydrogen-bond acceptors (Lipinski definition) is 4. The Bertz CT molecular complexity index is 820. The number of aryl methyl sites for hydroxylation is 1. The number of fused-ring (bicyclic) bond motifs is 1. The fraction of sp³-hybridized carbons (Fsp3) is 0.300. The molecule has 0 saturated heterocycles. The van der Waals surface area contributed by atoms with Gasteiger partial charge in [0, 0.05) is 30.9 Å². The van der Waals surface area contributed by atoms with Gasteiger partial charge in [0.25, 0.3) is 11.8 Å². The van der Waals surface area contributed by atoms with Crippen LogP contribution in [0.4, 0.5) is 11.4 Å². The van der Waals surface area contributed by atoms with Crippen molar-refractivity contribution in [3.05, 3.63) is 53.6 Å². The van der Waals surface area contributed by atoms with E-state index in [2.05, 4.69) is 41.5 Å². The second-order valence-electron chi connectivity index (χ2n) is 6.17. The molecule has 0 aromatic heterocycles. The van der Waals surface area contributed by atoms with E-state index in [-0.39, 0.29) is 18.4 Å². The standard InChI is InChI=1S/C20H23N3O3/c1-3-23(17-7-5-4-6-14(17)2)11-10-21-20(25)15-8-9-18-16(12-15)22-19(24)13-26-18/h4-9,12H,3,10-11,13H2,1-2H3,(H,21,25)(H,22,24). The van der Waals surface area contributed by atoms with E-state index in [1.165, 1.54) is 11.3 Å². The highest BCUT2D eigenvalue weighted by Gasteiger charge is 2.18. The Morgan fingerprint density at radius 1 is 1.27 bits per heavy atom. The highest BCUT2D eigenvalue weighted by Crippen LogP contribution is 2.28. The molecule has 0 bridgehead atoms. The zero-order valence-corrected chi connectivity index (χ0v) is 15.0. The van der Waals surface area contributed by atoms with Gasteiger partial charge in [-0.1, -0.05) is 18.2 Å². The summed E-state index contributed by atoms with van der Waals surface area (Å²) in [7, 11) is 0. The first-order valence-corrected chi connectivity index (χ1v) is 8.74. The third-order valence-corrected chi connectivity index (χ3v) is 4.38. The van der Waals surface area contributed by atoms with Gasteiger partial charge < -0.3 is 20.3 Å². The summed E-state index contributed by atoms with van der Waals surface area (Å²) < 4.78 is 5.31. The topological polar surface area (TPSA) is 70.7 Å². The van der Waals surface area contributed by atoms with Gasteiger partial charge in [-0.05, 0) is 43.7 Å². The van der Waals surface area contributed by atoms with E-state index in [0.717, 1.165) is 13.1 Å². The molecule has 3 rings (SSSR count). The Morgan fingerprint density at radius 2 is 2.08 bits per heavy atom. The van der Waals surface area contributed by atoms with Crippen LogP contribution < -0.4 is 20.3 Å². The molecule has 2 amide bonds. The molecular weight excluding hydrogens is 330 g/mol. The van der Waals surface area contributed by atoms with Crippen molar-refractivity contribution >= 4 is 23.2 Å². The van der Waals surface area contributed by atoms with E-state index >= 15 is 0 Å². The molecular formula is C20H23N3O3. The molecule has 0 saturated carbocycles. The number of hydrogen-bond donors (Lipinski definition) is 2. The predicted octanol–water partition coefficient (Wildman–Crippen LogP) is 2.58. The van der Waals surface area contributed by atoms with Crippen LogP contribution in [-0.4, -0.2) is 38.1 Å². The second kappa shape index (κ2) is 7.91. The van der Waals surface area contributed by atoms with Crippen molar-refractivity contribution in [2.24, 2.45) is 0 Å². The molecule has 6 nitrogen and oxygen atoms in total. The molecule has 0 spiro atoms. The first-order chi connectivity index (χ1) is 12.6. The maximum absolute atomic E-state index is 12.4. The number of carbonyl (C=O) groups is 2. The lowest BCUT2D eigenvalue weighted by Crippen LogP contribution is -2.35. The summed E-state index contributed by atoms with van der Waals surface area (Å²) in [4.78, 5) is 26.0. The summed E-state index contributed by atoms with van der Waals surface area (Å²) in [6, 6.07) is 13.3. The fourth-order valence-corrected chi connectivity index (χ4v) is 3.00. The maximum Gasteiger partial charge on any atom is 0.262 e. The van der Waals surface area contributed by atoms with Crippen molar-refractivity contribution in [3.8, 4) is 5.75 Å². The number of likely N-dealkylation sites (N-methyl/N-ethyl adjacent to an activating group) is 1. The lowest BCUT2D eigenvalue weighted by Gasteiger charge is -2.25. The second-order valence-corrected chi connectivity index (χ2v) is 6.17. The molecule has 0 radical (unpaired) electrons. The highest BCUT2D eigenvalue weighted by atomic mass is 16.5. The zero-order valence-electron chi connectivity index (χ0n) is 15.0. The van der Waals surface area contributed by atoms with Gasteiger partial charge in [0.1, 0.15) is 5.75 Å². The minimum Gasteiger partial charge on any atom is -0.482 e. The van der Waals surface area contributed by atoms with Gasteiger partial charge in [0.05, 0.1) is 5.69 Å². The molecule has 136 valence electrons. The monoisotopic (exact) mass is 353 g/mol. The van der Waals surface area contributed by atoms with Crippen LogP contribution in [0.15, 0.2) is 42.5 Å². The first-order valence-electron chi connectivity index (χ1n) is 8.74. The van der Waals surface area contributed by atoms with Crippen LogP contribution in [0.5, 0.6) is 5.75 Å². The lowest BCUT2D eigenvalue weighted by molar-refractivity contribution is -0.118. The molecule has 0 aliphatic carbocycles. The van der Waals surface area contributed by atoms with Gasteiger partial charge in [0.2, 0.25) is 0 Å². The van der Waals surface area contributed by atoms with E-state index in [4.69, 9.17) is 4.74 Å². The van der Waals surface area contributed by atoms with Crippen LogP contribution in [0.2, 0.25) is 0 Å². The zero-order chi connectivity index (χ0) is 18.5. The normalized spacial score (nSPS) is 12.6. The molecule has 1 aliphatic rings. The van der Waals surface area contributed by atoms with Crippen LogP contribution in [0.3, 0.4) is 0 Å². The predicted molar refractivity (Wildman–Crippen MR) is 102 cm³/mol. The average molecular weight is 353 g/mol. The highest BCUT2D eigenvalue weighted by molar-refractivity contribution is 5.99. The van der Waals surface area contributed by atoms with E-state index in [1.54, 1.807) is 18.2 Å². The summed E-state index contributed by atoms with van der Waals surface area (Å²) >= 11 is 0. The SMILES string of the molecule is CCN(CCNC(=O)c1ccc2c(c1)NC(=O)CO2)c1ccccc1C. The largest absolute Gasteiger partial charge is 0.482 e.